The summed E-state index contributed by atoms with van der Waals surface area (Å²) in [4.78, 5) is 16.1. The van der Waals surface area contributed by atoms with Crippen LogP contribution in [0.1, 0.15) is 18.7 Å². The molecule has 0 spiro atoms. The normalized spacial score (nSPS) is 17.6. The molecule has 2 N–H and O–H groups in total. The molecule has 2 heterocycles. The van der Waals surface area contributed by atoms with Crippen LogP contribution in [0.15, 0.2) is 39.4 Å². The first-order chi connectivity index (χ1) is 10.7. The number of hydrogen-bond acceptors (Lipinski definition) is 4. The van der Waals surface area contributed by atoms with Crippen molar-refractivity contribution < 1.29 is 9.21 Å². The maximum Gasteiger partial charge on any atom is 0.220 e. The second kappa shape index (κ2) is 7.07. The number of oxazole rings is 1. The minimum absolute atomic E-state index is 0.0503. The van der Waals surface area contributed by atoms with Crippen molar-refractivity contribution in [3.63, 3.8) is 0 Å². The van der Waals surface area contributed by atoms with Crippen LogP contribution < -0.4 is 10.6 Å². The molecule has 3 rings (SSSR count). The molecular formula is C16H18BrN3O2. The summed E-state index contributed by atoms with van der Waals surface area (Å²) in [5, 5.41) is 6.25. The summed E-state index contributed by atoms with van der Waals surface area (Å²) in [5.41, 5.74) is 0.961. The Balaban J connectivity index is 1.55. The molecule has 0 bridgehead atoms. The van der Waals surface area contributed by atoms with Crippen LogP contribution in [0.4, 0.5) is 0 Å². The van der Waals surface area contributed by atoms with Gasteiger partial charge >= 0.3 is 0 Å². The smallest absolute Gasteiger partial charge is 0.220 e. The largest absolute Gasteiger partial charge is 0.441 e. The van der Waals surface area contributed by atoms with E-state index in [1.54, 1.807) is 6.20 Å². The molecule has 1 aliphatic heterocycles. The van der Waals surface area contributed by atoms with Crippen molar-refractivity contribution in [2.75, 3.05) is 13.1 Å². The van der Waals surface area contributed by atoms with Crippen LogP contribution in [0.2, 0.25) is 0 Å². The third-order valence-corrected chi connectivity index (χ3v) is 4.38. The lowest BCUT2D eigenvalue weighted by Gasteiger charge is -2.10. The number of aromatic nitrogens is 1. The average molecular weight is 364 g/mol. The highest BCUT2D eigenvalue weighted by molar-refractivity contribution is 9.10. The average Bonchev–Trinajstić information content (AvgIpc) is 3.17. The Morgan fingerprint density at radius 1 is 1.45 bits per heavy atom. The van der Waals surface area contributed by atoms with E-state index in [9.17, 15) is 4.79 Å². The molecule has 0 aliphatic carbocycles. The molecule has 1 unspecified atom stereocenters. The monoisotopic (exact) mass is 363 g/mol. The summed E-state index contributed by atoms with van der Waals surface area (Å²) in [6.45, 7) is 1.83. The van der Waals surface area contributed by atoms with Crippen molar-refractivity contribution in [3.8, 4) is 11.3 Å². The fraction of sp³-hybridized carbons (Fsp3) is 0.375. The van der Waals surface area contributed by atoms with Crippen LogP contribution in [0.3, 0.4) is 0 Å². The van der Waals surface area contributed by atoms with E-state index < -0.39 is 0 Å². The molecule has 1 saturated heterocycles. The van der Waals surface area contributed by atoms with Gasteiger partial charge in [0.25, 0.3) is 0 Å². The van der Waals surface area contributed by atoms with Gasteiger partial charge in [-0.15, -0.1) is 0 Å². The van der Waals surface area contributed by atoms with Gasteiger partial charge in [-0.05, 0) is 19.0 Å². The van der Waals surface area contributed by atoms with E-state index in [2.05, 4.69) is 31.5 Å². The molecule has 22 heavy (non-hydrogen) atoms. The van der Waals surface area contributed by atoms with Crippen LogP contribution in [0.25, 0.3) is 11.3 Å². The molecule has 1 amide bonds. The first kappa shape index (κ1) is 15.2. The van der Waals surface area contributed by atoms with Crippen LogP contribution in [-0.2, 0) is 11.2 Å². The molecule has 116 valence electrons. The van der Waals surface area contributed by atoms with Gasteiger partial charge in [0, 0.05) is 35.5 Å². The number of benzene rings is 1. The lowest BCUT2D eigenvalue weighted by Crippen LogP contribution is -2.36. The van der Waals surface area contributed by atoms with Gasteiger partial charge in [0.1, 0.15) is 0 Å². The predicted molar refractivity (Wildman–Crippen MR) is 87.4 cm³/mol. The molecule has 1 atom stereocenters. The minimum atomic E-state index is 0.0503. The second-order valence-electron chi connectivity index (χ2n) is 5.36. The van der Waals surface area contributed by atoms with Gasteiger partial charge < -0.3 is 15.1 Å². The Bertz CT molecular complexity index is 650. The number of amides is 1. The summed E-state index contributed by atoms with van der Waals surface area (Å²) >= 11 is 3.50. The van der Waals surface area contributed by atoms with Gasteiger partial charge in [0.15, 0.2) is 11.7 Å². The van der Waals surface area contributed by atoms with Crippen LogP contribution >= 0.6 is 15.9 Å². The number of rotatable bonds is 5. The van der Waals surface area contributed by atoms with Crippen molar-refractivity contribution >= 4 is 21.8 Å². The highest BCUT2D eigenvalue weighted by atomic mass is 79.9. The molecular weight excluding hydrogens is 346 g/mol. The summed E-state index contributed by atoms with van der Waals surface area (Å²) in [6, 6.07) is 8.08. The van der Waals surface area contributed by atoms with Gasteiger partial charge in [-0.3, -0.25) is 4.79 Å². The Kier molecular flexibility index (Phi) is 4.90. The zero-order valence-corrected chi connectivity index (χ0v) is 13.7. The summed E-state index contributed by atoms with van der Waals surface area (Å²) in [7, 11) is 0. The zero-order valence-electron chi connectivity index (χ0n) is 12.1. The predicted octanol–water partition coefficient (Wildman–Crippen LogP) is 2.51. The van der Waals surface area contributed by atoms with E-state index in [4.69, 9.17) is 4.42 Å². The maximum atomic E-state index is 11.9. The molecule has 5 nitrogen and oxygen atoms in total. The zero-order chi connectivity index (χ0) is 15.4. The first-order valence-electron chi connectivity index (χ1n) is 7.42. The van der Waals surface area contributed by atoms with E-state index in [1.165, 1.54) is 0 Å². The summed E-state index contributed by atoms with van der Waals surface area (Å²) in [6.07, 6.45) is 3.61. The molecule has 2 aromatic rings. The number of carbonyl (C=O) groups is 1. The first-order valence-corrected chi connectivity index (χ1v) is 8.21. The van der Waals surface area contributed by atoms with E-state index in [-0.39, 0.29) is 11.9 Å². The quantitative estimate of drug-likeness (QED) is 0.856. The van der Waals surface area contributed by atoms with Crippen LogP contribution in [-0.4, -0.2) is 30.0 Å². The third kappa shape index (κ3) is 3.75. The van der Waals surface area contributed by atoms with Gasteiger partial charge in [0.2, 0.25) is 5.91 Å². The SMILES string of the molecule is O=C(CCc1ncc(-c2ccccc2Br)o1)NC1CCNC1. The topological polar surface area (TPSA) is 67.2 Å². The van der Waals surface area contributed by atoms with Crippen LogP contribution in [0.5, 0.6) is 0 Å². The van der Waals surface area contributed by atoms with E-state index in [1.807, 2.05) is 24.3 Å². The summed E-state index contributed by atoms with van der Waals surface area (Å²) in [5.74, 6) is 1.35. The van der Waals surface area contributed by atoms with E-state index >= 15 is 0 Å². The van der Waals surface area contributed by atoms with Gasteiger partial charge in [0.05, 0.1) is 6.20 Å². The minimum Gasteiger partial charge on any atom is -0.441 e. The Morgan fingerprint density at radius 2 is 2.32 bits per heavy atom. The van der Waals surface area contributed by atoms with E-state index in [0.29, 0.717) is 24.5 Å². The standard InChI is InChI=1S/C16H18BrN3O2/c17-13-4-2-1-3-12(13)14-10-19-16(22-14)6-5-15(21)20-11-7-8-18-9-11/h1-4,10-11,18H,5-9H2,(H,20,21). The Hall–Kier alpha value is -1.66. The molecule has 0 radical (unpaired) electrons. The van der Waals surface area contributed by atoms with Crippen molar-refractivity contribution in [3.05, 3.63) is 40.8 Å². The highest BCUT2D eigenvalue weighted by Crippen LogP contribution is 2.28. The van der Waals surface area contributed by atoms with Crippen molar-refractivity contribution in [2.45, 2.75) is 25.3 Å². The van der Waals surface area contributed by atoms with Gasteiger partial charge in [-0.25, -0.2) is 4.98 Å². The van der Waals surface area contributed by atoms with E-state index in [0.717, 1.165) is 29.5 Å². The van der Waals surface area contributed by atoms with Crippen molar-refractivity contribution in [1.29, 1.82) is 0 Å². The second-order valence-corrected chi connectivity index (χ2v) is 6.21. The molecule has 6 heteroatoms. The number of aryl methyl sites for hydroxylation is 1. The lowest BCUT2D eigenvalue weighted by atomic mass is 10.2. The van der Waals surface area contributed by atoms with Crippen molar-refractivity contribution in [2.24, 2.45) is 0 Å². The van der Waals surface area contributed by atoms with Crippen molar-refractivity contribution in [1.82, 2.24) is 15.6 Å². The molecule has 1 aliphatic rings. The molecule has 1 fully saturated rings. The highest BCUT2D eigenvalue weighted by Gasteiger charge is 2.17. The van der Waals surface area contributed by atoms with Crippen LogP contribution in [0, 0.1) is 0 Å². The fourth-order valence-corrected chi connectivity index (χ4v) is 2.99. The maximum absolute atomic E-state index is 11.9. The molecule has 0 saturated carbocycles. The van der Waals surface area contributed by atoms with Gasteiger partial charge in [-0.2, -0.15) is 0 Å². The fourth-order valence-electron chi connectivity index (χ4n) is 2.51. The molecule has 1 aromatic carbocycles. The summed E-state index contributed by atoms with van der Waals surface area (Å²) < 4.78 is 6.70. The Morgan fingerprint density at radius 3 is 3.09 bits per heavy atom. The number of halogens is 1. The number of hydrogen-bond donors (Lipinski definition) is 2. The number of carbonyl (C=O) groups excluding carboxylic acids is 1. The van der Waals surface area contributed by atoms with Gasteiger partial charge in [-0.1, -0.05) is 34.1 Å². The Labute approximate surface area is 137 Å². The molecule has 1 aromatic heterocycles. The number of nitrogens with one attached hydrogen (secondary N) is 2. The third-order valence-electron chi connectivity index (χ3n) is 3.68. The lowest BCUT2D eigenvalue weighted by molar-refractivity contribution is -0.121. The number of nitrogens with zero attached hydrogens (tertiary/aromatic N) is 1.